The SMILES string of the molecule is COc1ccc(C(=O)NC(=S)Nc2sc3c(c2C(=O)O)CC(C)(C)OC3)cc1. The highest BCUT2D eigenvalue weighted by Gasteiger charge is 2.33. The number of fused-ring (bicyclic) bond motifs is 1. The predicted octanol–water partition coefficient (Wildman–Crippen LogP) is 3.43. The van der Waals surface area contributed by atoms with Gasteiger partial charge in [-0.25, -0.2) is 4.79 Å². The molecule has 1 aromatic carbocycles. The number of carboxylic acid groups (broad SMARTS) is 1. The van der Waals surface area contributed by atoms with Crippen LogP contribution in [-0.2, 0) is 17.8 Å². The van der Waals surface area contributed by atoms with Gasteiger partial charge in [0, 0.05) is 16.9 Å². The van der Waals surface area contributed by atoms with Crippen LogP contribution in [0.2, 0.25) is 0 Å². The first kappa shape index (κ1) is 20.2. The third-order valence-electron chi connectivity index (χ3n) is 4.31. The van der Waals surface area contributed by atoms with E-state index in [0.717, 1.165) is 10.4 Å². The Morgan fingerprint density at radius 3 is 2.57 bits per heavy atom. The zero-order valence-corrected chi connectivity index (χ0v) is 17.3. The molecule has 0 aliphatic carbocycles. The molecule has 0 bridgehead atoms. The topological polar surface area (TPSA) is 96.9 Å². The minimum atomic E-state index is -1.04. The van der Waals surface area contributed by atoms with E-state index in [1.807, 2.05) is 13.8 Å². The number of thiocarbonyl (C=S) groups is 1. The average Bonchev–Trinajstić information content (AvgIpc) is 2.97. The van der Waals surface area contributed by atoms with Crippen LogP contribution in [0.5, 0.6) is 5.75 Å². The lowest BCUT2D eigenvalue weighted by Gasteiger charge is -2.30. The van der Waals surface area contributed by atoms with Crippen LogP contribution >= 0.6 is 23.6 Å². The lowest BCUT2D eigenvalue weighted by molar-refractivity contribution is -0.0384. The number of hydrogen-bond acceptors (Lipinski definition) is 6. The number of anilines is 1. The Bertz CT molecular complexity index is 935. The molecule has 0 spiro atoms. The Hall–Kier alpha value is -2.49. The van der Waals surface area contributed by atoms with Crippen molar-refractivity contribution >= 4 is 45.5 Å². The van der Waals surface area contributed by atoms with E-state index in [2.05, 4.69) is 10.6 Å². The number of carbonyl (C=O) groups excluding carboxylic acids is 1. The number of ether oxygens (including phenoxy) is 2. The van der Waals surface area contributed by atoms with E-state index in [9.17, 15) is 14.7 Å². The number of aromatic carboxylic acids is 1. The van der Waals surface area contributed by atoms with Crippen molar-refractivity contribution in [3.05, 3.63) is 45.8 Å². The van der Waals surface area contributed by atoms with Gasteiger partial charge in [-0.3, -0.25) is 10.1 Å². The molecule has 9 heteroatoms. The fraction of sp³-hybridized carbons (Fsp3) is 0.316. The van der Waals surface area contributed by atoms with Gasteiger partial charge in [-0.05, 0) is 55.9 Å². The van der Waals surface area contributed by atoms with Gasteiger partial charge in [0.25, 0.3) is 5.91 Å². The summed E-state index contributed by atoms with van der Waals surface area (Å²) < 4.78 is 10.8. The summed E-state index contributed by atoms with van der Waals surface area (Å²) in [5.74, 6) is -0.803. The number of carboxylic acids is 1. The second-order valence-electron chi connectivity index (χ2n) is 6.87. The Morgan fingerprint density at radius 2 is 1.96 bits per heavy atom. The van der Waals surface area contributed by atoms with Crippen molar-refractivity contribution < 1.29 is 24.2 Å². The fourth-order valence-electron chi connectivity index (χ4n) is 2.92. The van der Waals surface area contributed by atoms with E-state index in [-0.39, 0.29) is 10.7 Å². The summed E-state index contributed by atoms with van der Waals surface area (Å²) in [4.78, 5) is 25.0. The summed E-state index contributed by atoms with van der Waals surface area (Å²) in [5.41, 5.74) is 0.903. The molecule has 7 nitrogen and oxygen atoms in total. The van der Waals surface area contributed by atoms with Crippen molar-refractivity contribution in [1.29, 1.82) is 0 Å². The van der Waals surface area contributed by atoms with Crippen LogP contribution in [0.3, 0.4) is 0 Å². The molecule has 3 N–H and O–H groups in total. The first-order valence-corrected chi connectivity index (χ1v) is 9.71. The van der Waals surface area contributed by atoms with Crippen LogP contribution in [0.25, 0.3) is 0 Å². The molecule has 1 amide bonds. The Labute approximate surface area is 171 Å². The first-order chi connectivity index (χ1) is 13.2. The highest BCUT2D eigenvalue weighted by atomic mass is 32.1. The van der Waals surface area contributed by atoms with Gasteiger partial charge in [0.15, 0.2) is 5.11 Å². The van der Waals surface area contributed by atoms with Crippen LogP contribution in [0.1, 0.15) is 45.0 Å². The van der Waals surface area contributed by atoms with Gasteiger partial charge in [0.1, 0.15) is 10.8 Å². The maximum atomic E-state index is 12.3. The largest absolute Gasteiger partial charge is 0.497 e. The van der Waals surface area contributed by atoms with Crippen molar-refractivity contribution in [3.63, 3.8) is 0 Å². The summed E-state index contributed by atoms with van der Waals surface area (Å²) in [7, 11) is 1.54. The van der Waals surface area contributed by atoms with Crippen molar-refractivity contribution in [2.24, 2.45) is 0 Å². The smallest absolute Gasteiger partial charge is 0.339 e. The number of hydrogen-bond donors (Lipinski definition) is 3. The van der Waals surface area contributed by atoms with Gasteiger partial charge in [-0.15, -0.1) is 11.3 Å². The maximum absolute atomic E-state index is 12.3. The van der Waals surface area contributed by atoms with Gasteiger partial charge in [0.2, 0.25) is 0 Å². The van der Waals surface area contributed by atoms with E-state index in [4.69, 9.17) is 21.7 Å². The van der Waals surface area contributed by atoms with E-state index in [1.54, 1.807) is 31.4 Å². The maximum Gasteiger partial charge on any atom is 0.339 e. The summed E-state index contributed by atoms with van der Waals surface area (Å²) in [6.45, 7) is 4.19. The molecule has 1 aliphatic rings. The lowest BCUT2D eigenvalue weighted by Crippen LogP contribution is -2.34. The normalized spacial score (nSPS) is 14.7. The molecular weight excluding hydrogens is 400 g/mol. The van der Waals surface area contributed by atoms with Gasteiger partial charge >= 0.3 is 5.97 Å². The fourth-order valence-corrected chi connectivity index (χ4v) is 4.31. The molecule has 3 rings (SSSR count). The Morgan fingerprint density at radius 1 is 1.29 bits per heavy atom. The number of benzene rings is 1. The molecule has 2 aromatic rings. The summed E-state index contributed by atoms with van der Waals surface area (Å²) >= 11 is 6.48. The molecule has 0 saturated carbocycles. The predicted molar refractivity (Wildman–Crippen MR) is 111 cm³/mol. The Balaban J connectivity index is 1.76. The first-order valence-electron chi connectivity index (χ1n) is 8.48. The molecule has 1 aliphatic heterocycles. The minimum Gasteiger partial charge on any atom is -0.497 e. The summed E-state index contributed by atoms with van der Waals surface area (Å²) in [6.07, 6.45) is 0.493. The summed E-state index contributed by atoms with van der Waals surface area (Å²) in [5, 5.41) is 15.5. The molecule has 0 radical (unpaired) electrons. The van der Waals surface area contributed by atoms with E-state index in [0.29, 0.717) is 29.3 Å². The number of nitrogens with one attached hydrogen (secondary N) is 2. The average molecular weight is 421 g/mol. The lowest BCUT2D eigenvalue weighted by atomic mass is 9.93. The van der Waals surface area contributed by atoms with Gasteiger partial charge in [-0.1, -0.05) is 0 Å². The van der Waals surface area contributed by atoms with Gasteiger partial charge in [-0.2, -0.15) is 0 Å². The van der Waals surface area contributed by atoms with Crippen molar-refractivity contribution in [3.8, 4) is 5.75 Å². The number of carbonyl (C=O) groups is 2. The van der Waals surface area contributed by atoms with E-state index in [1.165, 1.54) is 11.3 Å². The van der Waals surface area contributed by atoms with Crippen LogP contribution in [0, 0.1) is 0 Å². The van der Waals surface area contributed by atoms with Crippen molar-refractivity contribution in [2.75, 3.05) is 12.4 Å². The molecule has 1 aromatic heterocycles. The summed E-state index contributed by atoms with van der Waals surface area (Å²) in [6, 6.07) is 6.57. The zero-order chi connectivity index (χ0) is 20.5. The molecule has 148 valence electrons. The van der Waals surface area contributed by atoms with Crippen molar-refractivity contribution in [2.45, 2.75) is 32.5 Å². The highest BCUT2D eigenvalue weighted by Crippen LogP contribution is 2.40. The van der Waals surface area contributed by atoms with Crippen LogP contribution in [0.4, 0.5) is 5.00 Å². The van der Waals surface area contributed by atoms with Crippen molar-refractivity contribution in [1.82, 2.24) is 5.32 Å². The molecule has 0 unspecified atom stereocenters. The number of amides is 1. The van der Waals surface area contributed by atoms with Gasteiger partial charge in [0.05, 0.1) is 24.9 Å². The second-order valence-corrected chi connectivity index (χ2v) is 8.39. The molecule has 0 atom stereocenters. The quantitative estimate of drug-likeness (QED) is 0.652. The van der Waals surface area contributed by atoms with Crippen LogP contribution in [-0.4, -0.2) is 34.8 Å². The van der Waals surface area contributed by atoms with Crippen LogP contribution in [0.15, 0.2) is 24.3 Å². The van der Waals surface area contributed by atoms with Crippen LogP contribution < -0.4 is 15.4 Å². The third-order valence-corrected chi connectivity index (χ3v) is 5.63. The second kappa shape index (κ2) is 7.86. The minimum absolute atomic E-state index is 0.0297. The third kappa shape index (κ3) is 4.32. The molecule has 0 fully saturated rings. The van der Waals surface area contributed by atoms with E-state index < -0.39 is 17.5 Å². The van der Waals surface area contributed by atoms with Gasteiger partial charge < -0.3 is 19.9 Å². The standard InChI is InChI=1S/C19H20N2O5S2/c1-19(2)8-12-13(9-26-19)28-16(14(12)17(23)24)21-18(27)20-15(22)10-4-6-11(25-3)7-5-10/h4-7H,8-9H2,1-3H3,(H,23,24)(H2,20,21,22,27). The molecule has 28 heavy (non-hydrogen) atoms. The zero-order valence-electron chi connectivity index (χ0n) is 15.6. The number of rotatable bonds is 4. The monoisotopic (exact) mass is 420 g/mol. The van der Waals surface area contributed by atoms with E-state index >= 15 is 0 Å². The highest BCUT2D eigenvalue weighted by molar-refractivity contribution is 7.80. The molecule has 0 saturated heterocycles. The number of methoxy groups -OCH3 is 1. The number of thiophene rings is 1. The Kier molecular flexibility index (Phi) is 5.69. The molecular formula is C19H20N2O5S2. The molecule has 2 heterocycles.